The normalized spacial score (nSPS) is 22.5. The van der Waals surface area contributed by atoms with Crippen LogP contribution >= 0.6 is 11.8 Å². The van der Waals surface area contributed by atoms with E-state index >= 15 is 0 Å². The van der Waals surface area contributed by atoms with Crippen LogP contribution in [0.2, 0.25) is 0 Å². The lowest BCUT2D eigenvalue weighted by Gasteiger charge is -2.39. The quantitative estimate of drug-likeness (QED) is 0.309. The molecule has 2 fully saturated rings. The van der Waals surface area contributed by atoms with Crippen molar-refractivity contribution in [3.8, 4) is 11.5 Å². The number of rotatable bonds is 8. The third kappa shape index (κ3) is 5.99. The fourth-order valence-corrected chi connectivity index (χ4v) is 6.41. The first-order chi connectivity index (χ1) is 18.5. The number of methoxy groups -OCH3 is 1. The second-order valence-electron chi connectivity index (χ2n) is 9.86. The highest BCUT2D eigenvalue weighted by Crippen LogP contribution is 2.42. The van der Waals surface area contributed by atoms with Crippen molar-refractivity contribution in [2.24, 2.45) is 5.92 Å². The SMILES string of the molecule is COc1cc(/C=C2\SC(Nc3ccccc3)N([C@@H]3CCCC[C@@H]3C)C2=O)ccc1OCc1cccc(F)c1. The number of carbonyl (C=O) groups excluding carboxylic acids is 1. The van der Waals surface area contributed by atoms with Crippen LogP contribution in [0.15, 0.2) is 77.7 Å². The molecule has 1 saturated heterocycles. The molecule has 0 aromatic heterocycles. The predicted molar refractivity (Wildman–Crippen MR) is 151 cm³/mol. The topological polar surface area (TPSA) is 50.8 Å². The molecule has 3 atom stereocenters. The molecule has 1 aliphatic heterocycles. The third-order valence-corrected chi connectivity index (χ3v) is 8.31. The van der Waals surface area contributed by atoms with Crippen molar-refractivity contribution in [2.75, 3.05) is 12.4 Å². The Hall–Kier alpha value is -3.45. The van der Waals surface area contributed by atoms with Gasteiger partial charge in [-0.05, 0) is 72.4 Å². The van der Waals surface area contributed by atoms with Gasteiger partial charge in [-0.2, -0.15) is 0 Å². The highest BCUT2D eigenvalue weighted by Gasteiger charge is 2.42. The van der Waals surface area contributed by atoms with Crippen molar-refractivity contribution in [3.05, 3.63) is 94.6 Å². The van der Waals surface area contributed by atoms with E-state index in [1.54, 1.807) is 24.9 Å². The lowest BCUT2D eigenvalue weighted by atomic mass is 9.85. The largest absolute Gasteiger partial charge is 0.493 e. The van der Waals surface area contributed by atoms with Gasteiger partial charge in [-0.1, -0.05) is 67.9 Å². The Morgan fingerprint density at radius 2 is 1.84 bits per heavy atom. The summed E-state index contributed by atoms with van der Waals surface area (Å²) in [6.45, 7) is 2.49. The number of carbonyl (C=O) groups is 1. The fraction of sp³-hybridized carbons (Fsp3) is 0.323. The molecule has 0 bridgehead atoms. The summed E-state index contributed by atoms with van der Waals surface area (Å²) in [5.74, 6) is 1.35. The molecule has 5 rings (SSSR count). The summed E-state index contributed by atoms with van der Waals surface area (Å²) in [6.07, 6.45) is 6.47. The van der Waals surface area contributed by atoms with Crippen molar-refractivity contribution in [1.82, 2.24) is 4.90 Å². The van der Waals surface area contributed by atoms with Gasteiger partial charge < -0.3 is 19.7 Å². The van der Waals surface area contributed by atoms with Gasteiger partial charge in [-0.3, -0.25) is 4.79 Å². The molecule has 0 spiro atoms. The van der Waals surface area contributed by atoms with Crippen molar-refractivity contribution in [2.45, 2.75) is 50.8 Å². The molecule has 3 aromatic carbocycles. The third-order valence-electron chi connectivity index (χ3n) is 7.19. The maximum absolute atomic E-state index is 13.8. The number of hydrogen-bond acceptors (Lipinski definition) is 5. The van der Waals surface area contributed by atoms with Crippen molar-refractivity contribution in [3.63, 3.8) is 0 Å². The van der Waals surface area contributed by atoms with Crippen LogP contribution < -0.4 is 14.8 Å². The van der Waals surface area contributed by atoms with Gasteiger partial charge in [0.25, 0.3) is 5.91 Å². The van der Waals surface area contributed by atoms with E-state index in [-0.39, 0.29) is 29.9 Å². The number of ether oxygens (including phenoxy) is 2. The monoisotopic (exact) mass is 532 g/mol. The molecule has 1 aliphatic carbocycles. The van der Waals surface area contributed by atoms with Crippen LogP contribution in [0, 0.1) is 11.7 Å². The maximum atomic E-state index is 13.8. The Bertz CT molecular complexity index is 1300. The number of amides is 1. The van der Waals surface area contributed by atoms with Gasteiger partial charge >= 0.3 is 0 Å². The van der Waals surface area contributed by atoms with E-state index in [2.05, 4.69) is 17.1 Å². The van der Waals surface area contributed by atoms with Gasteiger partial charge in [0.05, 0.1) is 12.0 Å². The van der Waals surface area contributed by atoms with E-state index < -0.39 is 0 Å². The van der Waals surface area contributed by atoms with Gasteiger partial charge in [0.15, 0.2) is 17.0 Å². The lowest BCUT2D eigenvalue weighted by Crippen LogP contribution is -2.48. The second-order valence-corrected chi connectivity index (χ2v) is 11.0. The predicted octanol–water partition coefficient (Wildman–Crippen LogP) is 7.30. The molecule has 2 aliphatic rings. The van der Waals surface area contributed by atoms with Gasteiger partial charge in [-0.25, -0.2) is 4.39 Å². The number of benzene rings is 3. The molecular formula is C31H33FN2O3S. The van der Waals surface area contributed by atoms with Crippen LogP contribution in [0.4, 0.5) is 10.1 Å². The van der Waals surface area contributed by atoms with Crippen molar-refractivity contribution >= 4 is 29.4 Å². The standard InChI is InChI=1S/C31H33FN2O3S/c1-21-9-6-7-14-26(21)34-30(35)29(38-31(34)33-25-12-4-3-5-13-25)19-22-15-16-27(28(18-22)36-2)37-20-23-10-8-11-24(32)17-23/h3-5,8,10-13,15-19,21,26,31,33H,6-7,9,14,20H2,1-2H3/b29-19-/t21-,26+,31?/m0/s1. The number of para-hydroxylation sites is 1. The smallest absolute Gasteiger partial charge is 0.262 e. The number of nitrogens with one attached hydrogen (secondary N) is 1. The van der Waals surface area contributed by atoms with Crippen LogP contribution in [0.5, 0.6) is 11.5 Å². The summed E-state index contributed by atoms with van der Waals surface area (Å²) < 4.78 is 25.0. The van der Waals surface area contributed by atoms with E-state index in [4.69, 9.17) is 9.47 Å². The molecule has 7 heteroatoms. The summed E-state index contributed by atoms with van der Waals surface area (Å²) in [4.78, 5) is 16.5. The molecule has 1 saturated carbocycles. The number of anilines is 1. The first-order valence-corrected chi connectivity index (χ1v) is 14.0. The van der Waals surface area contributed by atoms with Gasteiger partial charge in [-0.15, -0.1) is 0 Å². The molecule has 0 radical (unpaired) electrons. The first-order valence-electron chi connectivity index (χ1n) is 13.1. The molecule has 1 heterocycles. The average molecular weight is 533 g/mol. The number of nitrogens with zero attached hydrogens (tertiary/aromatic N) is 1. The lowest BCUT2D eigenvalue weighted by molar-refractivity contribution is -0.129. The average Bonchev–Trinajstić information content (AvgIpc) is 3.22. The molecule has 1 amide bonds. The van der Waals surface area contributed by atoms with E-state index in [1.165, 1.54) is 18.6 Å². The van der Waals surface area contributed by atoms with E-state index in [0.29, 0.717) is 22.3 Å². The Balaban J connectivity index is 1.37. The molecule has 1 N–H and O–H groups in total. The Kier molecular flexibility index (Phi) is 8.23. The molecule has 198 valence electrons. The minimum Gasteiger partial charge on any atom is -0.493 e. The van der Waals surface area contributed by atoms with Crippen LogP contribution in [0.1, 0.15) is 43.7 Å². The Morgan fingerprint density at radius 3 is 2.61 bits per heavy atom. The maximum Gasteiger partial charge on any atom is 0.262 e. The molecular weight excluding hydrogens is 499 g/mol. The fourth-order valence-electron chi connectivity index (χ4n) is 5.20. The van der Waals surface area contributed by atoms with Gasteiger partial charge in [0.2, 0.25) is 0 Å². The minimum atomic E-state index is -0.296. The second kappa shape index (κ2) is 11.9. The van der Waals surface area contributed by atoms with Crippen LogP contribution in [-0.4, -0.2) is 29.5 Å². The highest BCUT2D eigenvalue weighted by atomic mass is 32.2. The van der Waals surface area contributed by atoms with E-state index in [0.717, 1.165) is 36.1 Å². The van der Waals surface area contributed by atoms with Gasteiger partial charge in [0, 0.05) is 11.7 Å². The molecule has 5 nitrogen and oxygen atoms in total. The zero-order chi connectivity index (χ0) is 26.5. The zero-order valence-corrected chi connectivity index (χ0v) is 22.5. The summed E-state index contributed by atoms with van der Waals surface area (Å²) in [7, 11) is 1.59. The zero-order valence-electron chi connectivity index (χ0n) is 21.7. The number of thioether (sulfide) groups is 1. The van der Waals surface area contributed by atoms with Crippen LogP contribution in [-0.2, 0) is 11.4 Å². The molecule has 38 heavy (non-hydrogen) atoms. The first kappa shape index (κ1) is 26.2. The van der Waals surface area contributed by atoms with Crippen LogP contribution in [0.3, 0.4) is 0 Å². The highest BCUT2D eigenvalue weighted by molar-refractivity contribution is 8.05. The summed E-state index contributed by atoms with van der Waals surface area (Å²) >= 11 is 1.56. The molecule has 3 aromatic rings. The molecule has 1 unspecified atom stereocenters. The Morgan fingerprint density at radius 1 is 1.03 bits per heavy atom. The van der Waals surface area contributed by atoms with Crippen LogP contribution in [0.25, 0.3) is 6.08 Å². The van der Waals surface area contributed by atoms with E-state index in [9.17, 15) is 9.18 Å². The number of halogens is 1. The van der Waals surface area contributed by atoms with Crippen molar-refractivity contribution < 1.29 is 18.7 Å². The summed E-state index contributed by atoms with van der Waals surface area (Å²) in [6, 6.07) is 22.2. The number of hydrogen-bond donors (Lipinski definition) is 1. The Labute approximate surface area is 228 Å². The summed E-state index contributed by atoms with van der Waals surface area (Å²) in [5, 5.41) is 3.58. The summed E-state index contributed by atoms with van der Waals surface area (Å²) in [5.41, 5.74) is 2.42. The minimum absolute atomic E-state index is 0.0626. The van der Waals surface area contributed by atoms with Gasteiger partial charge in [0.1, 0.15) is 12.4 Å². The van der Waals surface area contributed by atoms with E-state index in [1.807, 2.05) is 60.7 Å². The van der Waals surface area contributed by atoms with Crippen molar-refractivity contribution in [1.29, 1.82) is 0 Å².